The molecule has 1 aromatic carbocycles. The van der Waals surface area contributed by atoms with Crippen molar-refractivity contribution in [3.63, 3.8) is 0 Å². The summed E-state index contributed by atoms with van der Waals surface area (Å²) in [6, 6.07) is 8.07. The van der Waals surface area contributed by atoms with Gasteiger partial charge in [-0.25, -0.2) is 0 Å². The number of benzene rings is 1. The average molecular weight is 342 g/mol. The first-order valence-corrected chi connectivity index (χ1v) is 8.71. The number of hydrogen-bond donors (Lipinski definition) is 0. The number of carbonyl (C=O) groups excluding carboxylic acids is 1. The summed E-state index contributed by atoms with van der Waals surface area (Å²) in [7, 11) is 3.54. The van der Waals surface area contributed by atoms with Crippen molar-refractivity contribution in [2.45, 2.75) is 19.8 Å². The van der Waals surface area contributed by atoms with Gasteiger partial charge < -0.3 is 14.5 Å². The van der Waals surface area contributed by atoms with E-state index in [1.54, 1.807) is 11.8 Å². The standard InChI is InChI=1S/C19H26N4O2/c1-14(2)18-17(13-21(3)20-18)19(24)23-11-9-22(10-12-23)15-5-7-16(25-4)8-6-15/h5-8,13-14H,9-12H2,1-4H3. The van der Waals surface area contributed by atoms with Gasteiger partial charge in [0, 0.05) is 45.1 Å². The number of piperazine rings is 1. The number of aryl methyl sites for hydroxylation is 1. The highest BCUT2D eigenvalue weighted by atomic mass is 16.5. The van der Waals surface area contributed by atoms with E-state index in [1.165, 1.54) is 0 Å². The molecule has 3 rings (SSSR count). The minimum Gasteiger partial charge on any atom is -0.497 e. The first kappa shape index (κ1) is 17.3. The van der Waals surface area contributed by atoms with Crippen molar-refractivity contribution in [1.29, 1.82) is 0 Å². The van der Waals surface area contributed by atoms with Crippen molar-refractivity contribution >= 4 is 11.6 Å². The number of amides is 1. The molecule has 25 heavy (non-hydrogen) atoms. The van der Waals surface area contributed by atoms with Gasteiger partial charge in [-0.3, -0.25) is 9.48 Å². The van der Waals surface area contributed by atoms with Gasteiger partial charge in [-0.1, -0.05) is 13.8 Å². The third-order valence-corrected chi connectivity index (χ3v) is 4.64. The van der Waals surface area contributed by atoms with Crippen LogP contribution in [0.4, 0.5) is 5.69 Å². The minimum absolute atomic E-state index is 0.0891. The van der Waals surface area contributed by atoms with Crippen LogP contribution >= 0.6 is 0 Å². The Morgan fingerprint density at radius 3 is 2.32 bits per heavy atom. The van der Waals surface area contributed by atoms with Crippen LogP contribution in [-0.4, -0.2) is 53.9 Å². The smallest absolute Gasteiger partial charge is 0.257 e. The fourth-order valence-corrected chi connectivity index (χ4v) is 3.23. The highest BCUT2D eigenvalue weighted by Crippen LogP contribution is 2.23. The van der Waals surface area contributed by atoms with E-state index in [1.807, 2.05) is 30.3 Å². The SMILES string of the molecule is COc1ccc(N2CCN(C(=O)c3cn(C)nc3C(C)C)CC2)cc1. The number of ether oxygens (including phenoxy) is 1. The predicted octanol–water partition coefficient (Wildman–Crippen LogP) is 2.51. The van der Waals surface area contributed by atoms with Crippen LogP contribution in [0.25, 0.3) is 0 Å². The summed E-state index contributed by atoms with van der Waals surface area (Å²) < 4.78 is 6.94. The molecular formula is C19H26N4O2. The van der Waals surface area contributed by atoms with Gasteiger partial charge in [0.15, 0.2) is 0 Å². The molecule has 0 spiro atoms. The number of aromatic nitrogens is 2. The summed E-state index contributed by atoms with van der Waals surface area (Å²) in [5, 5.41) is 4.45. The fraction of sp³-hybridized carbons (Fsp3) is 0.474. The summed E-state index contributed by atoms with van der Waals surface area (Å²) >= 11 is 0. The van der Waals surface area contributed by atoms with E-state index in [2.05, 4.69) is 36.0 Å². The minimum atomic E-state index is 0.0891. The lowest BCUT2D eigenvalue weighted by Gasteiger charge is -2.36. The molecule has 2 heterocycles. The summed E-state index contributed by atoms with van der Waals surface area (Å²) in [5.41, 5.74) is 2.78. The molecule has 0 N–H and O–H groups in total. The first-order chi connectivity index (χ1) is 12.0. The second kappa shape index (κ2) is 7.17. The van der Waals surface area contributed by atoms with E-state index < -0.39 is 0 Å². The van der Waals surface area contributed by atoms with Crippen LogP contribution in [0.2, 0.25) is 0 Å². The van der Waals surface area contributed by atoms with E-state index in [9.17, 15) is 4.79 Å². The number of rotatable bonds is 4. The molecule has 1 saturated heterocycles. The second-order valence-corrected chi connectivity index (χ2v) is 6.73. The molecule has 1 aliphatic rings. The third kappa shape index (κ3) is 3.62. The summed E-state index contributed by atoms with van der Waals surface area (Å²) in [5.74, 6) is 1.18. The average Bonchev–Trinajstić information content (AvgIpc) is 3.03. The maximum Gasteiger partial charge on any atom is 0.257 e. The third-order valence-electron chi connectivity index (χ3n) is 4.64. The Bertz CT molecular complexity index is 728. The highest BCUT2D eigenvalue weighted by molar-refractivity contribution is 5.95. The first-order valence-electron chi connectivity index (χ1n) is 8.71. The van der Waals surface area contributed by atoms with Crippen LogP contribution in [0.3, 0.4) is 0 Å². The molecule has 134 valence electrons. The summed E-state index contributed by atoms with van der Waals surface area (Å²) in [4.78, 5) is 17.1. The second-order valence-electron chi connectivity index (χ2n) is 6.73. The number of methoxy groups -OCH3 is 1. The zero-order chi connectivity index (χ0) is 18.0. The topological polar surface area (TPSA) is 50.6 Å². The largest absolute Gasteiger partial charge is 0.497 e. The number of anilines is 1. The lowest BCUT2D eigenvalue weighted by atomic mass is 10.1. The van der Waals surface area contributed by atoms with E-state index in [0.717, 1.165) is 48.9 Å². The van der Waals surface area contributed by atoms with Crippen molar-refractivity contribution < 1.29 is 9.53 Å². The molecule has 1 aromatic heterocycles. The maximum atomic E-state index is 12.9. The van der Waals surface area contributed by atoms with Gasteiger partial charge in [0.1, 0.15) is 5.75 Å². The van der Waals surface area contributed by atoms with E-state index in [-0.39, 0.29) is 11.8 Å². The summed E-state index contributed by atoms with van der Waals surface area (Å²) in [6.07, 6.45) is 1.84. The molecule has 6 nitrogen and oxygen atoms in total. The molecule has 0 atom stereocenters. The molecule has 1 amide bonds. The van der Waals surface area contributed by atoms with Gasteiger partial charge >= 0.3 is 0 Å². The molecule has 6 heteroatoms. The Kier molecular flexibility index (Phi) is 4.97. The van der Waals surface area contributed by atoms with Gasteiger partial charge in [0.25, 0.3) is 5.91 Å². The zero-order valence-electron chi connectivity index (χ0n) is 15.4. The van der Waals surface area contributed by atoms with E-state index >= 15 is 0 Å². The Balaban J connectivity index is 1.66. The van der Waals surface area contributed by atoms with Crippen molar-refractivity contribution in [3.05, 3.63) is 41.7 Å². The fourth-order valence-electron chi connectivity index (χ4n) is 3.23. The molecular weight excluding hydrogens is 316 g/mol. The van der Waals surface area contributed by atoms with E-state index in [0.29, 0.717) is 0 Å². The van der Waals surface area contributed by atoms with Gasteiger partial charge in [-0.05, 0) is 30.2 Å². The number of carbonyl (C=O) groups is 1. The van der Waals surface area contributed by atoms with Crippen LogP contribution in [0.5, 0.6) is 5.75 Å². The monoisotopic (exact) mass is 342 g/mol. The van der Waals surface area contributed by atoms with Crippen LogP contribution in [0.15, 0.2) is 30.5 Å². The van der Waals surface area contributed by atoms with Crippen LogP contribution in [-0.2, 0) is 7.05 Å². The molecule has 2 aromatic rings. The molecule has 0 aliphatic carbocycles. The predicted molar refractivity (Wildman–Crippen MR) is 98.4 cm³/mol. The number of hydrogen-bond acceptors (Lipinski definition) is 4. The van der Waals surface area contributed by atoms with Crippen molar-refractivity contribution in [1.82, 2.24) is 14.7 Å². The Morgan fingerprint density at radius 2 is 1.76 bits per heavy atom. The highest BCUT2D eigenvalue weighted by Gasteiger charge is 2.26. The van der Waals surface area contributed by atoms with Crippen molar-refractivity contribution in [3.8, 4) is 5.75 Å². The van der Waals surface area contributed by atoms with Gasteiger partial charge in [-0.2, -0.15) is 5.10 Å². The van der Waals surface area contributed by atoms with E-state index in [4.69, 9.17) is 4.74 Å². The lowest BCUT2D eigenvalue weighted by Crippen LogP contribution is -2.48. The summed E-state index contributed by atoms with van der Waals surface area (Å²) in [6.45, 7) is 7.24. The molecule has 1 fully saturated rings. The van der Waals surface area contributed by atoms with Crippen molar-refractivity contribution in [2.24, 2.45) is 7.05 Å². The van der Waals surface area contributed by atoms with Crippen molar-refractivity contribution in [2.75, 3.05) is 38.2 Å². The molecule has 0 saturated carbocycles. The normalized spacial score (nSPS) is 14.9. The molecule has 0 unspecified atom stereocenters. The quantitative estimate of drug-likeness (QED) is 0.857. The Morgan fingerprint density at radius 1 is 1.12 bits per heavy atom. The molecule has 0 bridgehead atoms. The Hall–Kier alpha value is -2.50. The van der Waals surface area contributed by atoms with Gasteiger partial charge in [0.2, 0.25) is 0 Å². The van der Waals surface area contributed by atoms with Crippen LogP contribution in [0, 0.1) is 0 Å². The number of nitrogens with zero attached hydrogens (tertiary/aromatic N) is 4. The Labute approximate surface area is 149 Å². The van der Waals surface area contributed by atoms with Gasteiger partial charge in [0.05, 0.1) is 18.4 Å². The van der Waals surface area contributed by atoms with Gasteiger partial charge in [-0.15, -0.1) is 0 Å². The maximum absolute atomic E-state index is 12.9. The molecule has 0 radical (unpaired) electrons. The zero-order valence-corrected chi connectivity index (χ0v) is 15.4. The molecule has 1 aliphatic heterocycles. The van der Waals surface area contributed by atoms with Crippen LogP contribution in [0.1, 0.15) is 35.8 Å². The lowest BCUT2D eigenvalue weighted by molar-refractivity contribution is 0.0745. The van der Waals surface area contributed by atoms with Crippen LogP contribution < -0.4 is 9.64 Å².